The van der Waals surface area contributed by atoms with E-state index >= 15 is 0 Å². The average molecular weight is 314 g/mol. The molecule has 0 amide bonds. The van der Waals surface area contributed by atoms with Gasteiger partial charge in [0.15, 0.2) is 0 Å². The number of rotatable bonds is 6. The molecule has 120 valence electrons. The Kier molecular flexibility index (Phi) is 5.25. The first-order valence-corrected chi connectivity index (χ1v) is 6.99. The number of hydrogen-bond acceptors (Lipinski definition) is 4. The third-order valence-electron chi connectivity index (χ3n) is 3.18. The summed E-state index contributed by atoms with van der Waals surface area (Å²) in [5.41, 5.74) is 0.680. The zero-order valence-corrected chi connectivity index (χ0v) is 13.2. The Morgan fingerprint density at radius 1 is 1.04 bits per heavy atom. The average Bonchev–Trinajstić information content (AvgIpc) is 2.55. The molecule has 0 aromatic heterocycles. The Morgan fingerprint density at radius 3 is 2.17 bits per heavy atom. The van der Waals surface area contributed by atoms with Crippen LogP contribution in [0.5, 0.6) is 23.0 Å². The number of ether oxygens (including phenoxy) is 3. The van der Waals surface area contributed by atoms with Gasteiger partial charge in [0, 0.05) is 23.8 Å². The van der Waals surface area contributed by atoms with Crippen molar-refractivity contribution < 1.29 is 24.1 Å². The third kappa shape index (κ3) is 3.83. The van der Waals surface area contributed by atoms with Gasteiger partial charge in [0.1, 0.15) is 23.0 Å². The fraction of sp³-hybridized carbons (Fsp3) is 0.167. The van der Waals surface area contributed by atoms with Crippen molar-refractivity contribution >= 4 is 12.0 Å². The van der Waals surface area contributed by atoms with Gasteiger partial charge in [0.2, 0.25) is 0 Å². The molecule has 0 bridgehead atoms. The van der Waals surface area contributed by atoms with Gasteiger partial charge in [-0.1, -0.05) is 18.2 Å². The second-order valence-electron chi connectivity index (χ2n) is 4.67. The van der Waals surface area contributed by atoms with E-state index in [9.17, 15) is 9.90 Å². The Hall–Kier alpha value is -2.95. The maximum atomic E-state index is 11.4. The zero-order valence-electron chi connectivity index (χ0n) is 13.2. The van der Waals surface area contributed by atoms with E-state index in [1.807, 2.05) is 6.92 Å². The van der Waals surface area contributed by atoms with E-state index in [4.69, 9.17) is 14.2 Å². The van der Waals surface area contributed by atoms with Crippen molar-refractivity contribution in [3.63, 3.8) is 0 Å². The van der Waals surface area contributed by atoms with Gasteiger partial charge in [-0.15, -0.1) is 0 Å². The molecule has 0 saturated carbocycles. The van der Waals surface area contributed by atoms with Crippen LogP contribution in [0, 0.1) is 0 Å². The summed E-state index contributed by atoms with van der Waals surface area (Å²) in [6, 6.07) is 10.0. The number of allylic oxidation sites excluding steroid dienone is 1. The second-order valence-corrected chi connectivity index (χ2v) is 4.67. The van der Waals surface area contributed by atoms with Crippen molar-refractivity contribution in [2.24, 2.45) is 0 Å². The van der Waals surface area contributed by atoms with Gasteiger partial charge in [0.05, 0.1) is 19.8 Å². The number of carboxylic acid groups (broad SMARTS) is 1. The maximum Gasteiger partial charge on any atom is 0.336 e. The predicted octanol–water partition coefficient (Wildman–Crippen LogP) is 4.23. The fourth-order valence-electron chi connectivity index (χ4n) is 2.13. The summed E-state index contributed by atoms with van der Waals surface area (Å²) in [6.07, 6.45) is 3.47. The van der Waals surface area contributed by atoms with Crippen LogP contribution in [-0.4, -0.2) is 25.3 Å². The number of carbonyl (C=O) groups is 1. The monoisotopic (exact) mass is 314 g/mol. The first-order chi connectivity index (χ1) is 11.1. The number of hydrogen-bond donors (Lipinski definition) is 1. The highest BCUT2D eigenvalue weighted by Gasteiger charge is 2.14. The Morgan fingerprint density at radius 2 is 1.65 bits per heavy atom. The SMILES string of the molecule is CC=Cc1c(Oc2cc(OC)cc(OC)c2)cccc1C(=O)O. The first kappa shape index (κ1) is 16.4. The van der Waals surface area contributed by atoms with Crippen LogP contribution in [0.1, 0.15) is 22.8 Å². The number of aromatic carboxylic acids is 1. The molecule has 0 aliphatic rings. The van der Waals surface area contributed by atoms with Gasteiger partial charge in [-0.05, 0) is 19.1 Å². The minimum atomic E-state index is -1.01. The Bertz CT molecular complexity index is 712. The summed E-state index contributed by atoms with van der Waals surface area (Å²) < 4.78 is 16.3. The van der Waals surface area contributed by atoms with Crippen molar-refractivity contribution in [3.05, 3.63) is 53.6 Å². The van der Waals surface area contributed by atoms with Crippen molar-refractivity contribution in [1.29, 1.82) is 0 Å². The number of methoxy groups -OCH3 is 2. The topological polar surface area (TPSA) is 65.0 Å². The molecule has 5 nitrogen and oxygen atoms in total. The van der Waals surface area contributed by atoms with Gasteiger partial charge in [-0.25, -0.2) is 4.79 Å². The van der Waals surface area contributed by atoms with Crippen LogP contribution in [0.15, 0.2) is 42.5 Å². The molecule has 0 radical (unpaired) electrons. The van der Waals surface area contributed by atoms with Gasteiger partial charge < -0.3 is 19.3 Å². The second kappa shape index (κ2) is 7.35. The fourth-order valence-corrected chi connectivity index (χ4v) is 2.13. The van der Waals surface area contributed by atoms with Gasteiger partial charge >= 0.3 is 5.97 Å². The molecule has 0 unspecified atom stereocenters. The van der Waals surface area contributed by atoms with E-state index in [0.29, 0.717) is 28.6 Å². The summed E-state index contributed by atoms with van der Waals surface area (Å²) in [5, 5.41) is 9.32. The summed E-state index contributed by atoms with van der Waals surface area (Å²) in [7, 11) is 3.10. The molecule has 0 saturated heterocycles. The molecule has 0 fully saturated rings. The van der Waals surface area contributed by atoms with Gasteiger partial charge in [-0.2, -0.15) is 0 Å². The van der Waals surface area contributed by atoms with Crippen LogP contribution in [0.2, 0.25) is 0 Å². The molecule has 1 N–H and O–H groups in total. The van der Waals surface area contributed by atoms with Crippen LogP contribution >= 0.6 is 0 Å². The van der Waals surface area contributed by atoms with Crippen molar-refractivity contribution in [2.75, 3.05) is 14.2 Å². The van der Waals surface area contributed by atoms with Crippen LogP contribution in [0.4, 0.5) is 0 Å². The highest BCUT2D eigenvalue weighted by atomic mass is 16.5. The first-order valence-electron chi connectivity index (χ1n) is 6.99. The van der Waals surface area contributed by atoms with E-state index in [-0.39, 0.29) is 5.56 Å². The van der Waals surface area contributed by atoms with E-state index < -0.39 is 5.97 Å². The van der Waals surface area contributed by atoms with Crippen LogP contribution in [0.3, 0.4) is 0 Å². The predicted molar refractivity (Wildman–Crippen MR) is 87.7 cm³/mol. The molecule has 0 atom stereocenters. The van der Waals surface area contributed by atoms with Gasteiger partial charge in [-0.3, -0.25) is 0 Å². The standard InChI is InChI=1S/C18H18O5/c1-4-6-15-16(18(19)20)7-5-8-17(15)23-14-10-12(21-2)9-13(11-14)22-3/h4-11H,1-3H3,(H,19,20). The van der Waals surface area contributed by atoms with E-state index in [1.54, 1.807) is 56.7 Å². The minimum absolute atomic E-state index is 0.176. The summed E-state index contributed by atoms with van der Waals surface area (Å²) in [6.45, 7) is 1.82. The summed E-state index contributed by atoms with van der Waals surface area (Å²) in [5.74, 6) is 1.10. The molecule has 2 aromatic rings. The lowest BCUT2D eigenvalue weighted by atomic mass is 10.1. The number of benzene rings is 2. The summed E-state index contributed by atoms with van der Waals surface area (Å²) in [4.78, 5) is 11.4. The van der Waals surface area contributed by atoms with E-state index in [1.165, 1.54) is 6.07 Å². The third-order valence-corrected chi connectivity index (χ3v) is 3.18. The van der Waals surface area contributed by atoms with E-state index in [0.717, 1.165) is 0 Å². The smallest absolute Gasteiger partial charge is 0.336 e. The lowest BCUT2D eigenvalue weighted by Gasteiger charge is -2.13. The molecule has 5 heteroatoms. The zero-order chi connectivity index (χ0) is 16.8. The maximum absolute atomic E-state index is 11.4. The van der Waals surface area contributed by atoms with Crippen molar-refractivity contribution in [2.45, 2.75) is 6.92 Å². The van der Waals surface area contributed by atoms with Crippen molar-refractivity contribution in [3.8, 4) is 23.0 Å². The lowest BCUT2D eigenvalue weighted by molar-refractivity contribution is 0.0696. The molecule has 0 heterocycles. The molecule has 0 aliphatic carbocycles. The Labute approximate surface area is 134 Å². The van der Waals surface area contributed by atoms with E-state index in [2.05, 4.69) is 0 Å². The highest BCUT2D eigenvalue weighted by Crippen LogP contribution is 2.33. The van der Waals surface area contributed by atoms with Crippen LogP contribution in [0.25, 0.3) is 6.08 Å². The quantitative estimate of drug-likeness (QED) is 0.864. The number of carboxylic acids is 1. The molecule has 23 heavy (non-hydrogen) atoms. The normalized spacial score (nSPS) is 10.6. The summed E-state index contributed by atoms with van der Waals surface area (Å²) >= 11 is 0. The Balaban J connectivity index is 2.48. The molecular weight excluding hydrogens is 296 g/mol. The molecule has 0 aliphatic heterocycles. The minimum Gasteiger partial charge on any atom is -0.496 e. The van der Waals surface area contributed by atoms with Crippen LogP contribution < -0.4 is 14.2 Å². The lowest BCUT2D eigenvalue weighted by Crippen LogP contribution is -2.01. The molecular formula is C18H18O5. The molecule has 0 spiro atoms. The highest BCUT2D eigenvalue weighted by molar-refractivity contribution is 5.93. The van der Waals surface area contributed by atoms with Crippen LogP contribution in [-0.2, 0) is 0 Å². The largest absolute Gasteiger partial charge is 0.496 e. The molecule has 2 aromatic carbocycles. The van der Waals surface area contributed by atoms with Crippen molar-refractivity contribution in [1.82, 2.24) is 0 Å². The molecule has 2 rings (SSSR count). The van der Waals surface area contributed by atoms with Gasteiger partial charge in [0.25, 0.3) is 0 Å².